The van der Waals surface area contributed by atoms with Gasteiger partial charge in [-0.15, -0.1) is 0 Å². The molecule has 0 radical (unpaired) electrons. The molecule has 1 saturated heterocycles. The predicted octanol–water partition coefficient (Wildman–Crippen LogP) is 0.0144. The number of amides is 2. The molecule has 4 rings (SSSR count). The van der Waals surface area contributed by atoms with Gasteiger partial charge < -0.3 is 14.8 Å². The summed E-state index contributed by atoms with van der Waals surface area (Å²) in [5, 5.41) is 2.83. The maximum Gasteiger partial charge on any atom is 0.332 e. The number of likely N-dealkylation sites (tertiary alicyclic amines) is 1. The van der Waals surface area contributed by atoms with Crippen molar-refractivity contribution in [3.8, 4) is 0 Å². The number of imidazole rings is 1. The van der Waals surface area contributed by atoms with Crippen molar-refractivity contribution in [2.45, 2.75) is 26.3 Å². The monoisotopic (exact) mass is 439 g/mol. The maximum absolute atomic E-state index is 12.8. The first-order valence-corrected chi connectivity index (χ1v) is 10.4. The molecular formula is C21H25N7O4. The molecule has 11 nitrogen and oxygen atoms in total. The third kappa shape index (κ3) is 3.93. The van der Waals surface area contributed by atoms with E-state index < -0.39 is 11.2 Å². The van der Waals surface area contributed by atoms with E-state index in [-0.39, 0.29) is 35.4 Å². The van der Waals surface area contributed by atoms with E-state index >= 15 is 0 Å². The van der Waals surface area contributed by atoms with Crippen LogP contribution >= 0.6 is 0 Å². The number of pyridine rings is 1. The highest BCUT2D eigenvalue weighted by Crippen LogP contribution is 2.19. The van der Waals surface area contributed by atoms with Crippen LogP contribution in [-0.4, -0.2) is 53.5 Å². The molecule has 1 N–H and O–H groups in total. The van der Waals surface area contributed by atoms with Gasteiger partial charge in [0.1, 0.15) is 12.4 Å². The highest BCUT2D eigenvalue weighted by molar-refractivity contribution is 5.92. The molecule has 0 atom stereocenters. The number of aromatic nitrogens is 5. The van der Waals surface area contributed by atoms with Gasteiger partial charge in [-0.1, -0.05) is 0 Å². The quantitative estimate of drug-likeness (QED) is 0.611. The van der Waals surface area contributed by atoms with Gasteiger partial charge in [0.15, 0.2) is 11.2 Å². The van der Waals surface area contributed by atoms with Crippen molar-refractivity contribution in [3.63, 3.8) is 0 Å². The summed E-state index contributed by atoms with van der Waals surface area (Å²) in [7, 11) is 3.18. The van der Waals surface area contributed by atoms with Crippen LogP contribution < -0.4 is 16.6 Å². The normalized spacial score (nSPS) is 14.7. The van der Waals surface area contributed by atoms with Gasteiger partial charge in [0, 0.05) is 39.3 Å². The van der Waals surface area contributed by atoms with Gasteiger partial charge in [-0.25, -0.2) is 19.3 Å². The molecule has 0 aromatic carbocycles. The molecule has 0 unspecified atom stereocenters. The molecule has 0 bridgehead atoms. The van der Waals surface area contributed by atoms with Crippen LogP contribution in [0.2, 0.25) is 0 Å². The van der Waals surface area contributed by atoms with Crippen LogP contribution in [0.15, 0.2) is 34.2 Å². The van der Waals surface area contributed by atoms with E-state index in [0.717, 1.165) is 10.1 Å². The van der Waals surface area contributed by atoms with Crippen LogP contribution in [0.3, 0.4) is 0 Å². The predicted molar refractivity (Wildman–Crippen MR) is 117 cm³/mol. The van der Waals surface area contributed by atoms with Crippen LogP contribution in [0.1, 0.15) is 18.4 Å². The maximum atomic E-state index is 12.8. The Labute approximate surface area is 183 Å². The van der Waals surface area contributed by atoms with Crippen LogP contribution in [0.4, 0.5) is 5.82 Å². The Hall–Kier alpha value is -3.76. The van der Waals surface area contributed by atoms with Crippen molar-refractivity contribution in [2.75, 3.05) is 18.4 Å². The van der Waals surface area contributed by atoms with Gasteiger partial charge in [0.2, 0.25) is 11.8 Å². The smallest absolute Gasteiger partial charge is 0.332 e. The Morgan fingerprint density at radius 1 is 1.16 bits per heavy atom. The highest BCUT2D eigenvalue weighted by atomic mass is 16.2. The first-order chi connectivity index (χ1) is 15.3. The zero-order valence-electron chi connectivity index (χ0n) is 18.2. The number of carbonyl (C=O) groups is 2. The van der Waals surface area contributed by atoms with Gasteiger partial charge in [-0.3, -0.25) is 19.0 Å². The number of nitrogens with zero attached hydrogens (tertiary/aromatic N) is 6. The topological polar surface area (TPSA) is 124 Å². The van der Waals surface area contributed by atoms with Crippen molar-refractivity contribution >= 4 is 28.8 Å². The Bertz CT molecular complexity index is 1310. The van der Waals surface area contributed by atoms with Crippen molar-refractivity contribution < 1.29 is 9.59 Å². The minimum Gasteiger partial charge on any atom is -0.341 e. The van der Waals surface area contributed by atoms with Gasteiger partial charge in [0.25, 0.3) is 5.56 Å². The summed E-state index contributed by atoms with van der Waals surface area (Å²) in [6.45, 7) is 2.32. The summed E-state index contributed by atoms with van der Waals surface area (Å²) in [6.07, 6.45) is 4.09. The van der Waals surface area contributed by atoms with Crippen molar-refractivity contribution in [1.29, 1.82) is 0 Å². The number of aryl methyl sites for hydroxylation is 3. The molecule has 168 valence electrons. The lowest BCUT2D eigenvalue weighted by molar-refractivity contribution is -0.135. The van der Waals surface area contributed by atoms with Gasteiger partial charge in [-0.05, 0) is 37.5 Å². The van der Waals surface area contributed by atoms with E-state index in [1.165, 1.54) is 22.5 Å². The number of hydrogen-bond acceptors (Lipinski definition) is 6. The fourth-order valence-electron chi connectivity index (χ4n) is 3.99. The minimum atomic E-state index is -0.588. The lowest BCUT2D eigenvalue weighted by atomic mass is 9.96. The Morgan fingerprint density at radius 3 is 2.56 bits per heavy atom. The van der Waals surface area contributed by atoms with E-state index in [1.807, 2.05) is 13.0 Å². The summed E-state index contributed by atoms with van der Waals surface area (Å²) in [5.74, 6) is -0.177. The SMILES string of the molecule is Cc1ccnc(NC(=O)C2CCN(C(=O)Cn3c(=O)c4c(ncn4C)n(C)c3=O)CC2)c1. The molecule has 0 saturated carbocycles. The average molecular weight is 439 g/mol. The fraction of sp³-hybridized carbons (Fsp3) is 0.429. The van der Waals surface area contributed by atoms with E-state index in [9.17, 15) is 19.2 Å². The largest absolute Gasteiger partial charge is 0.341 e. The zero-order valence-corrected chi connectivity index (χ0v) is 18.2. The zero-order chi connectivity index (χ0) is 23.0. The summed E-state index contributed by atoms with van der Waals surface area (Å²) in [6, 6.07) is 3.65. The van der Waals surface area contributed by atoms with Crippen LogP contribution in [0.25, 0.3) is 11.2 Å². The lowest BCUT2D eigenvalue weighted by Gasteiger charge is -2.31. The number of nitrogens with one attached hydrogen (secondary N) is 1. The van der Waals surface area contributed by atoms with Crippen LogP contribution in [-0.2, 0) is 30.2 Å². The van der Waals surface area contributed by atoms with E-state index in [2.05, 4.69) is 15.3 Å². The standard InChI is InChI=1S/C21H25N7O4/c1-13-4-7-22-15(10-13)24-19(30)14-5-8-27(9-6-14)16(29)11-28-20(31)17-18(23-12-25(17)2)26(3)21(28)32/h4,7,10,12,14H,5-6,8-9,11H2,1-3H3,(H,22,24,30). The molecular weight excluding hydrogens is 414 g/mol. The molecule has 32 heavy (non-hydrogen) atoms. The summed E-state index contributed by atoms with van der Waals surface area (Å²) >= 11 is 0. The summed E-state index contributed by atoms with van der Waals surface area (Å²) < 4.78 is 3.74. The number of piperidine rings is 1. The van der Waals surface area contributed by atoms with E-state index in [0.29, 0.717) is 31.7 Å². The molecule has 11 heteroatoms. The Morgan fingerprint density at radius 2 is 1.88 bits per heavy atom. The molecule has 3 aromatic heterocycles. The van der Waals surface area contributed by atoms with Crippen molar-refractivity contribution in [1.82, 2.24) is 28.6 Å². The second kappa shape index (κ2) is 8.40. The number of rotatable bonds is 4. The molecule has 1 fully saturated rings. The molecule has 1 aliphatic rings. The van der Waals surface area contributed by atoms with E-state index in [1.54, 1.807) is 24.2 Å². The van der Waals surface area contributed by atoms with Gasteiger partial charge in [0.05, 0.1) is 6.33 Å². The van der Waals surface area contributed by atoms with Gasteiger partial charge in [-0.2, -0.15) is 0 Å². The lowest BCUT2D eigenvalue weighted by Crippen LogP contribution is -2.47. The number of anilines is 1. The second-order valence-corrected chi connectivity index (χ2v) is 8.12. The first-order valence-electron chi connectivity index (χ1n) is 10.4. The molecule has 1 aliphatic heterocycles. The van der Waals surface area contributed by atoms with Crippen LogP contribution in [0, 0.1) is 12.8 Å². The molecule has 0 spiro atoms. The average Bonchev–Trinajstić information content (AvgIpc) is 3.17. The highest BCUT2D eigenvalue weighted by Gasteiger charge is 2.28. The molecule has 3 aromatic rings. The number of fused-ring (bicyclic) bond motifs is 1. The third-order valence-corrected chi connectivity index (χ3v) is 5.88. The van der Waals surface area contributed by atoms with Crippen molar-refractivity contribution in [3.05, 3.63) is 51.1 Å². The molecule has 2 amide bonds. The summed E-state index contributed by atoms with van der Waals surface area (Å²) in [4.78, 5) is 60.6. The number of hydrogen-bond donors (Lipinski definition) is 1. The summed E-state index contributed by atoms with van der Waals surface area (Å²) in [5.41, 5.74) is 0.411. The first kappa shape index (κ1) is 21.5. The fourth-order valence-corrected chi connectivity index (χ4v) is 3.99. The van der Waals surface area contributed by atoms with Crippen LogP contribution in [0.5, 0.6) is 0 Å². The van der Waals surface area contributed by atoms with E-state index in [4.69, 9.17) is 0 Å². The second-order valence-electron chi connectivity index (χ2n) is 8.12. The third-order valence-electron chi connectivity index (χ3n) is 5.88. The molecule has 4 heterocycles. The minimum absolute atomic E-state index is 0.123. The Balaban J connectivity index is 1.42. The van der Waals surface area contributed by atoms with Gasteiger partial charge >= 0.3 is 5.69 Å². The van der Waals surface area contributed by atoms with Crippen molar-refractivity contribution in [2.24, 2.45) is 20.0 Å². The number of carbonyl (C=O) groups excluding carboxylic acids is 2. The molecule has 0 aliphatic carbocycles. The Kier molecular flexibility index (Phi) is 5.64.